The van der Waals surface area contributed by atoms with Gasteiger partial charge in [-0.05, 0) is 37.5 Å². The van der Waals surface area contributed by atoms with Crippen LogP contribution in [0.3, 0.4) is 0 Å². The largest absolute Gasteiger partial charge is 0.416 e. The summed E-state index contributed by atoms with van der Waals surface area (Å²) >= 11 is 0. The van der Waals surface area contributed by atoms with Crippen molar-refractivity contribution in [2.24, 2.45) is 0 Å². The van der Waals surface area contributed by atoms with Gasteiger partial charge in [0.05, 0.1) is 11.7 Å². The van der Waals surface area contributed by atoms with Gasteiger partial charge in [0.2, 0.25) is 0 Å². The average molecular weight is 305 g/mol. The molecule has 2 atom stereocenters. The number of benzene rings is 1. The summed E-state index contributed by atoms with van der Waals surface area (Å²) in [6.07, 6.45) is -3.95. The van der Waals surface area contributed by atoms with E-state index in [1.54, 1.807) is 0 Å². The van der Waals surface area contributed by atoms with Gasteiger partial charge in [0.1, 0.15) is 0 Å². The molecule has 2 unspecified atom stereocenters. The van der Waals surface area contributed by atoms with Gasteiger partial charge in [0.15, 0.2) is 0 Å². The molecule has 3 nitrogen and oxygen atoms in total. The molecule has 1 aromatic carbocycles. The third-order valence-corrected chi connectivity index (χ3v) is 3.79. The number of β-amino-alcohol motifs (C(OH)–C–C–N with tert-alkyl or cyclic N) is 1. The van der Waals surface area contributed by atoms with Crippen LogP contribution in [0, 0.1) is 0 Å². The zero-order chi connectivity index (χ0) is 16.1. The summed E-state index contributed by atoms with van der Waals surface area (Å²) in [4.78, 5) is 0. The fourth-order valence-electron chi connectivity index (χ4n) is 1.99. The summed E-state index contributed by atoms with van der Waals surface area (Å²) in [6.45, 7) is 4.15. The van der Waals surface area contributed by atoms with E-state index in [-0.39, 0.29) is 18.7 Å². The van der Waals surface area contributed by atoms with E-state index in [1.807, 2.05) is 13.8 Å². The van der Waals surface area contributed by atoms with Crippen LogP contribution in [0.4, 0.5) is 13.2 Å². The number of alkyl halides is 3. The van der Waals surface area contributed by atoms with E-state index < -0.39 is 17.8 Å². The molecule has 1 rings (SSSR count). The van der Waals surface area contributed by atoms with Crippen molar-refractivity contribution in [2.75, 3.05) is 13.2 Å². The topological polar surface area (TPSA) is 52.5 Å². The van der Waals surface area contributed by atoms with E-state index in [1.165, 1.54) is 12.1 Å². The molecule has 0 radical (unpaired) electrons. The van der Waals surface area contributed by atoms with Crippen LogP contribution in [0.2, 0.25) is 0 Å². The Balaban J connectivity index is 2.65. The summed E-state index contributed by atoms with van der Waals surface area (Å²) in [6, 6.07) is 4.49. The molecule has 0 aliphatic heterocycles. The van der Waals surface area contributed by atoms with Crippen molar-refractivity contribution in [1.82, 2.24) is 5.32 Å². The Morgan fingerprint density at radius 2 is 1.76 bits per heavy atom. The van der Waals surface area contributed by atoms with E-state index in [0.29, 0.717) is 12.0 Å². The van der Waals surface area contributed by atoms with Crippen LogP contribution in [0.5, 0.6) is 0 Å². The number of nitrogens with one attached hydrogen (secondary N) is 1. The molecule has 6 heteroatoms. The molecule has 0 spiro atoms. The lowest BCUT2D eigenvalue weighted by Crippen LogP contribution is -2.44. The number of hydrogen-bond acceptors (Lipinski definition) is 3. The molecule has 0 fully saturated rings. The van der Waals surface area contributed by atoms with Crippen LogP contribution < -0.4 is 5.32 Å². The van der Waals surface area contributed by atoms with Crippen molar-refractivity contribution in [1.29, 1.82) is 0 Å². The zero-order valence-corrected chi connectivity index (χ0v) is 12.2. The predicted octanol–water partition coefficient (Wildman–Crippen LogP) is 2.88. The van der Waals surface area contributed by atoms with Gasteiger partial charge in [-0.15, -0.1) is 0 Å². The van der Waals surface area contributed by atoms with Gasteiger partial charge in [0, 0.05) is 18.7 Å². The van der Waals surface area contributed by atoms with Crippen LogP contribution in [-0.4, -0.2) is 28.9 Å². The molecular weight excluding hydrogens is 283 g/mol. The highest BCUT2D eigenvalue weighted by Gasteiger charge is 2.30. The quantitative estimate of drug-likeness (QED) is 0.726. The third kappa shape index (κ3) is 5.30. The van der Waals surface area contributed by atoms with Crippen molar-refractivity contribution >= 4 is 0 Å². The SMILES string of the molecule is CCC(C)(CCO)NCC(O)c1ccc(C(F)(F)F)cc1. The maximum atomic E-state index is 12.5. The van der Waals surface area contributed by atoms with E-state index in [0.717, 1.165) is 18.6 Å². The highest BCUT2D eigenvalue weighted by Crippen LogP contribution is 2.30. The Hall–Kier alpha value is -1.11. The molecule has 0 aliphatic carbocycles. The molecule has 0 aliphatic rings. The minimum Gasteiger partial charge on any atom is -0.396 e. The highest BCUT2D eigenvalue weighted by molar-refractivity contribution is 5.26. The van der Waals surface area contributed by atoms with Crippen molar-refractivity contribution in [3.8, 4) is 0 Å². The first-order valence-electron chi connectivity index (χ1n) is 6.93. The molecule has 0 bridgehead atoms. The number of rotatable bonds is 7. The molecule has 0 saturated heterocycles. The second kappa shape index (κ2) is 7.24. The normalized spacial score (nSPS) is 16.5. The lowest BCUT2D eigenvalue weighted by Gasteiger charge is -2.30. The molecule has 0 amide bonds. The molecular formula is C15H22F3NO2. The third-order valence-electron chi connectivity index (χ3n) is 3.79. The molecule has 21 heavy (non-hydrogen) atoms. The lowest BCUT2D eigenvalue weighted by atomic mass is 9.94. The monoisotopic (exact) mass is 305 g/mol. The van der Waals surface area contributed by atoms with E-state index >= 15 is 0 Å². The van der Waals surface area contributed by atoms with E-state index in [9.17, 15) is 18.3 Å². The van der Waals surface area contributed by atoms with Gasteiger partial charge in [-0.1, -0.05) is 19.1 Å². The molecule has 3 N–H and O–H groups in total. The van der Waals surface area contributed by atoms with Gasteiger partial charge >= 0.3 is 6.18 Å². The van der Waals surface area contributed by atoms with Crippen molar-refractivity contribution in [3.63, 3.8) is 0 Å². The van der Waals surface area contributed by atoms with Crippen molar-refractivity contribution in [2.45, 2.75) is 44.5 Å². The van der Waals surface area contributed by atoms with Gasteiger partial charge in [-0.2, -0.15) is 13.2 Å². The van der Waals surface area contributed by atoms with Crippen molar-refractivity contribution in [3.05, 3.63) is 35.4 Å². The summed E-state index contributed by atoms with van der Waals surface area (Å²) in [5.74, 6) is 0. The van der Waals surface area contributed by atoms with Gasteiger partial charge in [0.25, 0.3) is 0 Å². The van der Waals surface area contributed by atoms with Crippen LogP contribution in [-0.2, 0) is 6.18 Å². The van der Waals surface area contributed by atoms with Crippen LogP contribution in [0.15, 0.2) is 24.3 Å². The Labute approximate surface area is 122 Å². The van der Waals surface area contributed by atoms with Crippen molar-refractivity contribution < 1.29 is 23.4 Å². The van der Waals surface area contributed by atoms with Crippen LogP contribution >= 0.6 is 0 Å². The summed E-state index contributed by atoms with van der Waals surface area (Å²) in [5.41, 5.74) is -0.607. The number of hydrogen-bond donors (Lipinski definition) is 3. The van der Waals surface area contributed by atoms with E-state index in [2.05, 4.69) is 5.32 Å². The minimum absolute atomic E-state index is 0.0354. The Bertz CT molecular complexity index is 434. The summed E-state index contributed by atoms with van der Waals surface area (Å²) in [5, 5.41) is 22.2. The number of halogens is 3. The lowest BCUT2D eigenvalue weighted by molar-refractivity contribution is -0.137. The fraction of sp³-hybridized carbons (Fsp3) is 0.600. The zero-order valence-electron chi connectivity index (χ0n) is 12.2. The summed E-state index contributed by atoms with van der Waals surface area (Å²) < 4.78 is 37.4. The molecule has 0 heterocycles. The molecule has 0 aromatic heterocycles. The average Bonchev–Trinajstić information content (AvgIpc) is 2.44. The summed E-state index contributed by atoms with van der Waals surface area (Å²) in [7, 11) is 0. The first-order valence-corrected chi connectivity index (χ1v) is 6.93. The predicted molar refractivity (Wildman–Crippen MR) is 74.8 cm³/mol. The molecule has 1 aromatic rings. The standard InChI is InChI=1S/C15H22F3NO2/c1-3-14(2,8-9-20)19-10-13(21)11-4-6-12(7-5-11)15(16,17)18/h4-7,13,19-21H,3,8-10H2,1-2H3. The van der Waals surface area contributed by atoms with Gasteiger partial charge in [-0.25, -0.2) is 0 Å². The Morgan fingerprint density at radius 1 is 1.19 bits per heavy atom. The Kier molecular flexibility index (Phi) is 6.19. The number of aliphatic hydroxyl groups excluding tert-OH is 2. The van der Waals surface area contributed by atoms with Crippen LogP contribution in [0.25, 0.3) is 0 Å². The highest BCUT2D eigenvalue weighted by atomic mass is 19.4. The fourth-order valence-corrected chi connectivity index (χ4v) is 1.99. The van der Waals surface area contributed by atoms with Gasteiger partial charge < -0.3 is 15.5 Å². The molecule has 120 valence electrons. The van der Waals surface area contributed by atoms with Gasteiger partial charge in [-0.3, -0.25) is 0 Å². The minimum atomic E-state index is -4.37. The van der Waals surface area contributed by atoms with E-state index in [4.69, 9.17) is 5.11 Å². The maximum absolute atomic E-state index is 12.5. The second-order valence-electron chi connectivity index (χ2n) is 5.40. The van der Waals surface area contributed by atoms with Crippen LogP contribution in [0.1, 0.15) is 43.9 Å². The first-order chi connectivity index (χ1) is 9.72. The smallest absolute Gasteiger partial charge is 0.396 e. The number of aliphatic hydroxyl groups is 2. The first kappa shape index (κ1) is 17.9. The molecule has 0 saturated carbocycles. The maximum Gasteiger partial charge on any atom is 0.416 e. The Morgan fingerprint density at radius 3 is 2.19 bits per heavy atom. The second-order valence-corrected chi connectivity index (χ2v) is 5.40.